The molecule has 134 valence electrons. The Labute approximate surface area is 155 Å². The Kier molecular flexibility index (Phi) is 5.04. The molecule has 2 aliphatic carbocycles. The van der Waals surface area contributed by atoms with Crippen LogP contribution in [-0.2, 0) is 0 Å². The van der Waals surface area contributed by atoms with Gasteiger partial charge in [-0.25, -0.2) is 4.39 Å². The van der Waals surface area contributed by atoms with E-state index < -0.39 is 0 Å². The first-order chi connectivity index (χ1) is 12.2. The summed E-state index contributed by atoms with van der Waals surface area (Å²) in [7, 11) is 0. The summed E-state index contributed by atoms with van der Waals surface area (Å²) in [6, 6.07) is 9.88. The summed E-state index contributed by atoms with van der Waals surface area (Å²) in [6.07, 6.45) is 11.1. The monoisotopic (exact) mass is 358 g/mol. The van der Waals surface area contributed by atoms with E-state index in [1.54, 1.807) is 6.07 Å². The van der Waals surface area contributed by atoms with Gasteiger partial charge in [0.25, 0.3) is 0 Å². The fourth-order valence-corrected chi connectivity index (χ4v) is 5.66. The van der Waals surface area contributed by atoms with Gasteiger partial charge in [0, 0.05) is 5.39 Å². The molecule has 4 atom stereocenters. The van der Waals surface area contributed by atoms with Gasteiger partial charge in [-0.05, 0) is 72.8 Å². The zero-order valence-corrected chi connectivity index (χ0v) is 15.9. The van der Waals surface area contributed by atoms with Crippen LogP contribution < -0.4 is 0 Å². The van der Waals surface area contributed by atoms with Gasteiger partial charge in [0.1, 0.15) is 5.82 Å². The van der Waals surface area contributed by atoms with Gasteiger partial charge >= 0.3 is 0 Å². The van der Waals surface area contributed by atoms with Crippen molar-refractivity contribution in [2.45, 2.75) is 64.2 Å². The molecule has 2 fully saturated rings. The van der Waals surface area contributed by atoms with Crippen molar-refractivity contribution in [2.75, 3.05) is 0 Å². The van der Waals surface area contributed by atoms with E-state index in [1.165, 1.54) is 56.9 Å². The number of hydrogen-bond donors (Lipinski definition) is 0. The summed E-state index contributed by atoms with van der Waals surface area (Å²) >= 11 is 5.91. The fraction of sp³-hybridized carbons (Fsp3) is 0.565. The minimum Gasteiger partial charge on any atom is -0.205 e. The molecule has 0 aromatic heterocycles. The Morgan fingerprint density at radius 1 is 1.00 bits per heavy atom. The SMILES string of the molecule is CCCC1CCC2CC(c3ccc4c(F)c(Cl)ccc4c3)CCC2C1. The first-order valence-electron chi connectivity index (χ1n) is 10.0. The van der Waals surface area contributed by atoms with Gasteiger partial charge in [-0.2, -0.15) is 0 Å². The van der Waals surface area contributed by atoms with Crippen molar-refractivity contribution in [1.29, 1.82) is 0 Å². The summed E-state index contributed by atoms with van der Waals surface area (Å²) in [5.74, 6) is 3.20. The third-order valence-electron chi connectivity index (χ3n) is 6.82. The van der Waals surface area contributed by atoms with Crippen LogP contribution in [0.5, 0.6) is 0 Å². The molecule has 4 rings (SSSR count). The van der Waals surface area contributed by atoms with Gasteiger partial charge in [-0.15, -0.1) is 0 Å². The second-order valence-electron chi connectivity index (χ2n) is 8.34. The lowest BCUT2D eigenvalue weighted by molar-refractivity contribution is 0.114. The topological polar surface area (TPSA) is 0 Å². The lowest BCUT2D eigenvalue weighted by Crippen LogP contribution is -2.30. The molecule has 0 amide bonds. The normalized spacial score (nSPS) is 29.6. The Bertz CT molecular complexity index is 753. The molecule has 25 heavy (non-hydrogen) atoms. The van der Waals surface area contributed by atoms with E-state index >= 15 is 0 Å². The van der Waals surface area contributed by atoms with E-state index in [9.17, 15) is 4.39 Å². The van der Waals surface area contributed by atoms with Gasteiger partial charge < -0.3 is 0 Å². The maximum Gasteiger partial charge on any atom is 0.149 e. The quantitative estimate of drug-likeness (QED) is 0.526. The molecule has 2 saturated carbocycles. The van der Waals surface area contributed by atoms with E-state index in [4.69, 9.17) is 11.6 Å². The van der Waals surface area contributed by atoms with Crippen LogP contribution in [0.2, 0.25) is 5.02 Å². The van der Waals surface area contributed by atoms with E-state index in [0.717, 1.165) is 23.1 Å². The zero-order chi connectivity index (χ0) is 17.4. The molecule has 2 aromatic rings. The Morgan fingerprint density at radius 3 is 2.64 bits per heavy atom. The van der Waals surface area contributed by atoms with E-state index in [0.29, 0.717) is 11.3 Å². The molecule has 2 aromatic carbocycles. The predicted molar refractivity (Wildman–Crippen MR) is 105 cm³/mol. The molecule has 0 saturated heterocycles. The highest BCUT2D eigenvalue weighted by molar-refractivity contribution is 6.31. The van der Waals surface area contributed by atoms with Gasteiger partial charge in [-0.1, -0.05) is 62.1 Å². The van der Waals surface area contributed by atoms with E-state index in [1.807, 2.05) is 12.1 Å². The molecule has 0 N–H and O–H groups in total. The minimum atomic E-state index is -0.288. The Balaban J connectivity index is 1.50. The van der Waals surface area contributed by atoms with Crippen molar-refractivity contribution in [3.05, 3.63) is 46.7 Å². The number of fused-ring (bicyclic) bond motifs is 2. The van der Waals surface area contributed by atoms with Crippen molar-refractivity contribution >= 4 is 22.4 Å². The standard InChI is InChI=1S/C23H28ClF/c1-2-3-15-4-5-17-13-18(7-6-16(17)12-15)19-8-10-21-20(14-19)9-11-22(24)23(21)25/h8-11,14-18H,2-7,12-13H2,1H3. The minimum absolute atomic E-state index is 0.213. The largest absolute Gasteiger partial charge is 0.205 e. The average Bonchev–Trinajstić information content (AvgIpc) is 2.64. The third-order valence-corrected chi connectivity index (χ3v) is 7.11. The summed E-state index contributed by atoms with van der Waals surface area (Å²) in [5.41, 5.74) is 1.39. The molecule has 2 aliphatic rings. The van der Waals surface area contributed by atoms with Crippen molar-refractivity contribution < 1.29 is 4.39 Å². The number of halogens is 2. The van der Waals surface area contributed by atoms with Crippen LogP contribution in [-0.4, -0.2) is 0 Å². The Hall–Kier alpha value is -1.08. The molecule has 4 unspecified atom stereocenters. The molecule has 0 spiro atoms. The first kappa shape index (κ1) is 17.3. The summed E-state index contributed by atoms with van der Waals surface area (Å²) < 4.78 is 14.2. The van der Waals surface area contributed by atoms with Crippen LogP contribution >= 0.6 is 11.6 Å². The smallest absolute Gasteiger partial charge is 0.149 e. The lowest BCUT2D eigenvalue weighted by Gasteiger charge is -2.42. The molecule has 2 heteroatoms. The fourth-order valence-electron chi connectivity index (χ4n) is 5.50. The summed E-state index contributed by atoms with van der Waals surface area (Å²) in [5, 5.41) is 1.84. The van der Waals surface area contributed by atoms with Crippen LogP contribution in [0.25, 0.3) is 10.8 Å². The third kappa shape index (κ3) is 3.45. The molecule has 0 bridgehead atoms. The summed E-state index contributed by atoms with van der Waals surface area (Å²) in [4.78, 5) is 0. The van der Waals surface area contributed by atoms with Crippen molar-refractivity contribution in [1.82, 2.24) is 0 Å². The molecular formula is C23H28ClF. The molecular weight excluding hydrogens is 331 g/mol. The second-order valence-corrected chi connectivity index (χ2v) is 8.75. The second kappa shape index (κ2) is 7.27. The highest BCUT2D eigenvalue weighted by Crippen LogP contribution is 2.48. The van der Waals surface area contributed by atoms with Gasteiger partial charge in [0.05, 0.1) is 5.02 Å². The van der Waals surface area contributed by atoms with Crippen LogP contribution in [0.15, 0.2) is 30.3 Å². The van der Waals surface area contributed by atoms with Crippen LogP contribution in [0, 0.1) is 23.6 Å². The Morgan fingerprint density at radius 2 is 1.80 bits per heavy atom. The van der Waals surface area contributed by atoms with Gasteiger partial charge in [0.15, 0.2) is 0 Å². The van der Waals surface area contributed by atoms with Crippen molar-refractivity contribution in [2.24, 2.45) is 17.8 Å². The average molecular weight is 359 g/mol. The number of benzene rings is 2. The maximum atomic E-state index is 14.2. The maximum absolute atomic E-state index is 14.2. The van der Waals surface area contributed by atoms with Crippen LogP contribution in [0.3, 0.4) is 0 Å². The number of hydrogen-bond acceptors (Lipinski definition) is 0. The van der Waals surface area contributed by atoms with Gasteiger partial charge in [-0.3, -0.25) is 0 Å². The van der Waals surface area contributed by atoms with Crippen molar-refractivity contribution in [3.63, 3.8) is 0 Å². The lowest BCUT2D eigenvalue weighted by atomic mass is 9.63. The summed E-state index contributed by atoms with van der Waals surface area (Å²) in [6.45, 7) is 2.32. The molecule has 0 aliphatic heterocycles. The van der Waals surface area contributed by atoms with Gasteiger partial charge in [0.2, 0.25) is 0 Å². The molecule has 0 radical (unpaired) electrons. The van der Waals surface area contributed by atoms with E-state index in [2.05, 4.69) is 19.1 Å². The van der Waals surface area contributed by atoms with Crippen molar-refractivity contribution in [3.8, 4) is 0 Å². The first-order valence-corrected chi connectivity index (χ1v) is 10.4. The van der Waals surface area contributed by atoms with E-state index in [-0.39, 0.29) is 10.8 Å². The highest BCUT2D eigenvalue weighted by Gasteiger charge is 2.35. The highest BCUT2D eigenvalue weighted by atomic mass is 35.5. The van der Waals surface area contributed by atoms with Crippen LogP contribution in [0.1, 0.15) is 69.8 Å². The molecule has 0 nitrogen and oxygen atoms in total. The predicted octanol–water partition coefficient (Wildman–Crippen LogP) is 7.73. The van der Waals surface area contributed by atoms with Crippen LogP contribution in [0.4, 0.5) is 4.39 Å². The zero-order valence-electron chi connectivity index (χ0n) is 15.1. The molecule has 0 heterocycles. The number of rotatable bonds is 3.